The summed E-state index contributed by atoms with van der Waals surface area (Å²) < 4.78 is 0. The molecule has 142 valence electrons. The van der Waals surface area contributed by atoms with Crippen molar-refractivity contribution < 1.29 is 17.7 Å². The Morgan fingerprint density at radius 2 is 1.67 bits per heavy atom. The SMILES string of the molecule is CC(C)c1cc2ccccc2[cH-]1.C[Si](C)=[Hf]([Cl])[Cl].[C-]1=Cc2ccccc2C1. The van der Waals surface area contributed by atoms with Crippen molar-refractivity contribution >= 4 is 39.5 Å². The summed E-state index contributed by atoms with van der Waals surface area (Å²) in [7, 11) is 11.3. The van der Waals surface area contributed by atoms with Crippen LogP contribution in [0.4, 0.5) is 0 Å². The second kappa shape index (κ2) is 11.5. The summed E-state index contributed by atoms with van der Waals surface area (Å²) in [5, 5.41) is 2.72. The van der Waals surface area contributed by atoms with Gasteiger partial charge in [-0.2, -0.15) is 11.6 Å². The molecule has 1 aliphatic carbocycles. The predicted molar refractivity (Wildman–Crippen MR) is 121 cm³/mol. The van der Waals surface area contributed by atoms with Crippen LogP contribution < -0.4 is 0 Å². The second-order valence-electron chi connectivity index (χ2n) is 7.06. The van der Waals surface area contributed by atoms with E-state index >= 15 is 0 Å². The first-order valence-electron chi connectivity index (χ1n) is 9.17. The molecule has 0 heterocycles. The van der Waals surface area contributed by atoms with Crippen molar-refractivity contribution in [3.05, 3.63) is 83.4 Å². The summed E-state index contributed by atoms with van der Waals surface area (Å²) in [6.07, 6.45) is 6.21. The van der Waals surface area contributed by atoms with Crippen LogP contribution in [0.15, 0.2) is 60.7 Å². The first-order valence-corrected chi connectivity index (χ1v) is 26.0. The van der Waals surface area contributed by atoms with Gasteiger partial charge in [-0.05, 0) is 5.92 Å². The maximum absolute atomic E-state index is 5.64. The Labute approximate surface area is 178 Å². The van der Waals surface area contributed by atoms with Gasteiger partial charge in [0.1, 0.15) is 0 Å². The fourth-order valence-electron chi connectivity index (χ4n) is 2.61. The largest absolute Gasteiger partial charge is 0.272 e. The molecule has 3 aromatic rings. The van der Waals surface area contributed by atoms with Crippen LogP contribution in [0, 0.1) is 6.08 Å². The molecule has 0 saturated heterocycles. The molecule has 3 aromatic carbocycles. The fraction of sp³-hybridized carbons (Fsp3) is 0.261. The molecule has 27 heavy (non-hydrogen) atoms. The van der Waals surface area contributed by atoms with Gasteiger partial charge in [-0.15, -0.1) is 58.7 Å². The number of hydrogen-bond acceptors (Lipinski definition) is 0. The maximum atomic E-state index is 5.64. The molecular formula is C23H26Cl2HfSi-2. The van der Waals surface area contributed by atoms with Crippen LogP contribution in [0.2, 0.25) is 13.1 Å². The van der Waals surface area contributed by atoms with Crippen LogP contribution >= 0.6 is 17.2 Å². The second-order valence-corrected chi connectivity index (χ2v) is 38.8. The molecule has 0 bridgehead atoms. The molecule has 0 unspecified atom stereocenters. The van der Waals surface area contributed by atoms with E-state index < -0.39 is 17.7 Å². The van der Waals surface area contributed by atoms with E-state index in [0.717, 1.165) is 6.42 Å². The van der Waals surface area contributed by atoms with E-state index in [1.165, 1.54) is 27.5 Å². The molecule has 0 nitrogen and oxygen atoms in total. The molecular weight excluding hydrogens is 554 g/mol. The molecule has 0 saturated carbocycles. The van der Waals surface area contributed by atoms with Gasteiger partial charge in [0.15, 0.2) is 0 Å². The van der Waals surface area contributed by atoms with Crippen LogP contribution in [0.5, 0.6) is 0 Å². The zero-order valence-corrected chi connectivity index (χ0v) is 22.5. The van der Waals surface area contributed by atoms with E-state index in [0.29, 0.717) is 5.92 Å². The summed E-state index contributed by atoms with van der Waals surface area (Å²) in [6, 6.07) is 21.5. The summed E-state index contributed by atoms with van der Waals surface area (Å²) in [5.74, 6) is 0.636. The topological polar surface area (TPSA) is 0 Å². The number of hydrogen-bond donors (Lipinski definition) is 0. The van der Waals surface area contributed by atoms with Crippen molar-refractivity contribution in [3.63, 3.8) is 0 Å². The molecule has 0 N–H and O–H groups in total. The zero-order valence-electron chi connectivity index (χ0n) is 16.4. The van der Waals surface area contributed by atoms with Gasteiger partial charge in [0.25, 0.3) is 0 Å². The smallest absolute Gasteiger partial charge is 0.0650 e. The molecule has 4 heteroatoms. The monoisotopic (exact) mass is 580 g/mol. The minimum absolute atomic E-state index is 0.208. The summed E-state index contributed by atoms with van der Waals surface area (Å²) >= 11 is -1.78. The molecule has 4 rings (SSSR count). The number of halogens is 2. The Hall–Kier alpha value is -0.543. The number of rotatable bonds is 1. The number of benzene rings is 2. The van der Waals surface area contributed by atoms with Crippen molar-refractivity contribution in [2.45, 2.75) is 39.3 Å². The van der Waals surface area contributed by atoms with Crippen molar-refractivity contribution in [2.75, 3.05) is 0 Å². The van der Waals surface area contributed by atoms with Crippen molar-refractivity contribution in [3.8, 4) is 0 Å². The van der Waals surface area contributed by atoms with Gasteiger partial charge in [0, 0.05) is 0 Å². The molecule has 0 fully saturated rings. The summed E-state index contributed by atoms with van der Waals surface area (Å²) in [6.45, 7) is 8.81. The van der Waals surface area contributed by atoms with Crippen LogP contribution in [0.25, 0.3) is 16.8 Å². The van der Waals surface area contributed by atoms with E-state index in [2.05, 4.69) is 99.8 Å². The van der Waals surface area contributed by atoms with Crippen molar-refractivity contribution in [1.82, 2.24) is 0 Å². The van der Waals surface area contributed by atoms with Gasteiger partial charge < -0.3 is 0 Å². The van der Waals surface area contributed by atoms with Crippen LogP contribution in [0.3, 0.4) is 0 Å². The zero-order chi connectivity index (χ0) is 19.8. The van der Waals surface area contributed by atoms with E-state index in [4.69, 9.17) is 17.2 Å². The van der Waals surface area contributed by atoms with Gasteiger partial charge in [0.2, 0.25) is 0 Å². The van der Waals surface area contributed by atoms with Gasteiger partial charge in [0.05, 0.1) is 0 Å². The van der Waals surface area contributed by atoms with Gasteiger partial charge in [-0.3, -0.25) is 6.08 Å². The first-order chi connectivity index (χ1) is 12.9. The number of fused-ring (bicyclic) bond motifs is 2. The average molecular weight is 580 g/mol. The minimum atomic E-state index is -1.78. The third kappa shape index (κ3) is 7.42. The molecule has 0 atom stereocenters. The van der Waals surface area contributed by atoms with E-state index in [1.54, 1.807) is 0 Å². The average Bonchev–Trinajstić information content (AvgIpc) is 3.29. The third-order valence-electron chi connectivity index (χ3n) is 4.29. The Bertz CT molecular complexity index is 887. The molecule has 0 aromatic heterocycles. The van der Waals surface area contributed by atoms with E-state index in [-0.39, 0.29) is 5.49 Å². The normalized spacial score (nSPS) is 11.4. The van der Waals surface area contributed by atoms with Crippen LogP contribution in [-0.2, 0) is 24.1 Å². The Kier molecular flexibility index (Phi) is 9.65. The first kappa shape index (κ1) is 22.7. The molecule has 0 radical (unpaired) electrons. The molecule has 0 spiro atoms. The van der Waals surface area contributed by atoms with E-state index in [1.807, 2.05) is 0 Å². The fourth-order valence-corrected chi connectivity index (χ4v) is 2.61. The standard InChI is InChI=1S/C12H13.C9H7.C2H6Si.2ClH.Hf/c1-9(2)12-7-10-5-3-4-6-11(10)8-12;1-2-5-9-7-3-6-8(9)4-1;1-3-2;;;/h3-9H,1-2H3;1-2,4-6H,7H2;1-2H3;2*1H;/q2*-1;;;;+2/p-2. The van der Waals surface area contributed by atoms with Crippen LogP contribution in [0.1, 0.15) is 36.5 Å². The quantitative estimate of drug-likeness (QED) is 0.203. The van der Waals surface area contributed by atoms with Crippen molar-refractivity contribution in [2.24, 2.45) is 0 Å². The van der Waals surface area contributed by atoms with Crippen LogP contribution in [-0.4, -0.2) is 5.49 Å². The predicted octanol–water partition coefficient (Wildman–Crippen LogP) is 7.90. The third-order valence-corrected chi connectivity index (χ3v) is 31.8. The Morgan fingerprint density at radius 1 is 1.04 bits per heavy atom. The Balaban J connectivity index is 0.000000155. The van der Waals surface area contributed by atoms with E-state index in [9.17, 15) is 0 Å². The van der Waals surface area contributed by atoms with Crippen molar-refractivity contribution in [1.29, 1.82) is 0 Å². The molecule has 0 amide bonds. The van der Waals surface area contributed by atoms with Gasteiger partial charge >= 0.3 is 53.4 Å². The summed E-state index contributed by atoms with van der Waals surface area (Å²) in [4.78, 5) is 0. The molecule has 0 aliphatic heterocycles. The summed E-state index contributed by atoms with van der Waals surface area (Å²) in [5.41, 5.74) is 3.96. The van der Waals surface area contributed by atoms with Gasteiger partial charge in [-0.1, -0.05) is 38.1 Å². The van der Waals surface area contributed by atoms with Gasteiger partial charge in [-0.25, -0.2) is 6.08 Å². The maximum Gasteiger partial charge on any atom is -0.0650 e. The number of allylic oxidation sites excluding steroid dienone is 1. The molecule has 1 aliphatic rings. The minimum Gasteiger partial charge on any atom is -0.272 e. The Morgan fingerprint density at radius 3 is 2.26 bits per heavy atom.